The summed E-state index contributed by atoms with van der Waals surface area (Å²) in [6.07, 6.45) is 3.88. The van der Waals surface area contributed by atoms with E-state index in [-0.39, 0.29) is 29.2 Å². The average molecular weight is 536 g/mol. The molecule has 3 N–H and O–H groups in total. The quantitative estimate of drug-likeness (QED) is 0.480. The van der Waals surface area contributed by atoms with Crippen LogP contribution in [0.25, 0.3) is 0 Å². The second-order valence-electron chi connectivity index (χ2n) is 10.8. The molecule has 0 saturated heterocycles. The van der Waals surface area contributed by atoms with Crippen molar-refractivity contribution in [1.82, 2.24) is 9.55 Å². The maximum atomic E-state index is 14.3. The van der Waals surface area contributed by atoms with Gasteiger partial charge in [0.15, 0.2) is 5.60 Å². The molecule has 0 radical (unpaired) electrons. The van der Waals surface area contributed by atoms with Crippen molar-refractivity contribution in [3.8, 4) is 11.8 Å². The van der Waals surface area contributed by atoms with Crippen LogP contribution in [0.4, 0.5) is 18.9 Å². The van der Waals surface area contributed by atoms with Gasteiger partial charge in [0, 0.05) is 25.1 Å². The number of hydrogen-bond acceptors (Lipinski definition) is 4. The molecule has 0 aliphatic heterocycles. The van der Waals surface area contributed by atoms with Crippen LogP contribution in [-0.2, 0) is 7.05 Å². The topological polar surface area (TPSA) is 87.4 Å². The maximum Gasteiger partial charge on any atom is 0.287 e. The fraction of sp³-hybridized carbons (Fsp3) is 0.556. The average Bonchev–Trinajstić information content (AvgIpc) is 3.48. The first-order chi connectivity index (χ1) is 17.4. The van der Waals surface area contributed by atoms with E-state index in [1.807, 2.05) is 0 Å². The van der Waals surface area contributed by atoms with Gasteiger partial charge in [-0.3, -0.25) is 4.79 Å². The number of rotatable bonds is 3. The zero-order valence-electron chi connectivity index (χ0n) is 20.4. The Labute approximate surface area is 218 Å². The fourth-order valence-corrected chi connectivity index (χ4v) is 6.45. The number of nitrogens with one attached hydrogen (secondary N) is 1. The number of aromatic nitrogens is 2. The van der Waals surface area contributed by atoms with Crippen LogP contribution in [0.1, 0.15) is 73.5 Å². The molecular weight excluding hydrogens is 507 g/mol. The molecule has 0 bridgehead atoms. The summed E-state index contributed by atoms with van der Waals surface area (Å²) in [4.78, 5) is 17.6. The third kappa shape index (κ3) is 4.87. The zero-order valence-corrected chi connectivity index (χ0v) is 21.2. The molecule has 10 heteroatoms. The first kappa shape index (κ1) is 26.1. The van der Waals surface area contributed by atoms with Crippen molar-refractivity contribution >= 4 is 23.2 Å². The SMILES string of the molecule is Cn1cnc(C2CC3CC(O)(C#CC4(O)CCCCC4(F)F)CC3C2)c1C(=O)Nc1ccc(F)c(Cl)c1. The Morgan fingerprint density at radius 1 is 1.16 bits per heavy atom. The number of halogens is 4. The summed E-state index contributed by atoms with van der Waals surface area (Å²) in [5, 5.41) is 24.2. The van der Waals surface area contributed by atoms with Crippen LogP contribution in [0.3, 0.4) is 0 Å². The molecule has 37 heavy (non-hydrogen) atoms. The molecule has 2 aromatic rings. The standard InChI is InChI=1S/C27H29ClF3N3O3/c1-34-15-32-22(23(34)24(35)33-19-4-5-21(29)20(28)12-19)16-10-17-13-25(36,14-18(17)11-16)8-9-26(37)6-2-3-7-27(26,30)31/h4-5,12,15-18,36-37H,2-3,6-7,10-11,13-14H2,1H3,(H,33,35). The van der Waals surface area contributed by atoms with E-state index in [1.165, 1.54) is 18.2 Å². The lowest BCUT2D eigenvalue weighted by atomic mass is 9.81. The number of alkyl halides is 2. The van der Waals surface area contributed by atoms with Crippen LogP contribution in [0.5, 0.6) is 0 Å². The summed E-state index contributed by atoms with van der Waals surface area (Å²) in [5.74, 6) is 0.916. The number of hydrogen-bond donors (Lipinski definition) is 3. The van der Waals surface area contributed by atoms with E-state index in [2.05, 4.69) is 22.1 Å². The summed E-state index contributed by atoms with van der Waals surface area (Å²) in [6, 6.07) is 3.95. The van der Waals surface area contributed by atoms with Gasteiger partial charge < -0.3 is 20.1 Å². The van der Waals surface area contributed by atoms with E-state index in [0.717, 1.165) is 0 Å². The Morgan fingerprint density at radius 3 is 2.49 bits per heavy atom. The molecule has 5 rings (SSSR count). The predicted molar refractivity (Wildman–Crippen MR) is 132 cm³/mol. The maximum absolute atomic E-state index is 14.3. The van der Waals surface area contributed by atoms with E-state index < -0.39 is 35.3 Å². The minimum absolute atomic E-state index is 0.0156. The Kier molecular flexibility index (Phi) is 6.58. The number of fused-ring (bicyclic) bond motifs is 1. The van der Waals surface area contributed by atoms with Gasteiger partial charge in [0.05, 0.1) is 17.0 Å². The van der Waals surface area contributed by atoms with Crippen molar-refractivity contribution in [2.24, 2.45) is 18.9 Å². The number of amides is 1. The first-order valence-corrected chi connectivity index (χ1v) is 12.9. The van der Waals surface area contributed by atoms with Gasteiger partial charge in [-0.15, -0.1) is 0 Å². The number of imidazole rings is 1. The van der Waals surface area contributed by atoms with Crippen LogP contribution >= 0.6 is 11.6 Å². The second-order valence-corrected chi connectivity index (χ2v) is 11.2. The predicted octanol–water partition coefficient (Wildman–Crippen LogP) is 5.04. The molecule has 3 saturated carbocycles. The third-order valence-corrected chi connectivity index (χ3v) is 8.46. The van der Waals surface area contributed by atoms with Gasteiger partial charge in [-0.25, -0.2) is 18.2 Å². The molecule has 3 fully saturated rings. The molecule has 1 heterocycles. The molecule has 0 spiro atoms. The van der Waals surface area contributed by atoms with Crippen molar-refractivity contribution in [1.29, 1.82) is 0 Å². The first-order valence-electron chi connectivity index (χ1n) is 12.5. The van der Waals surface area contributed by atoms with Crippen LogP contribution in [0.15, 0.2) is 24.5 Å². The fourth-order valence-electron chi connectivity index (χ4n) is 6.27. The van der Waals surface area contributed by atoms with Crippen molar-refractivity contribution in [3.63, 3.8) is 0 Å². The highest BCUT2D eigenvalue weighted by Crippen LogP contribution is 2.54. The summed E-state index contributed by atoms with van der Waals surface area (Å²) in [5.41, 5.74) is -2.42. The molecule has 3 aliphatic rings. The number of benzene rings is 1. The van der Waals surface area contributed by atoms with Gasteiger partial charge in [0.2, 0.25) is 0 Å². The Balaban J connectivity index is 1.28. The molecule has 3 aliphatic carbocycles. The second kappa shape index (κ2) is 9.33. The van der Waals surface area contributed by atoms with Gasteiger partial charge in [-0.2, -0.15) is 0 Å². The van der Waals surface area contributed by atoms with Gasteiger partial charge in [0.1, 0.15) is 17.1 Å². The van der Waals surface area contributed by atoms with Gasteiger partial charge in [0.25, 0.3) is 11.8 Å². The normalized spacial score (nSPS) is 32.5. The molecule has 198 valence electrons. The number of carbonyl (C=O) groups excluding carboxylic acids is 1. The monoisotopic (exact) mass is 535 g/mol. The van der Waals surface area contributed by atoms with Crippen molar-refractivity contribution in [2.75, 3.05) is 5.32 Å². The number of anilines is 1. The number of carbonyl (C=O) groups is 1. The third-order valence-electron chi connectivity index (χ3n) is 8.17. The molecule has 1 aromatic heterocycles. The summed E-state index contributed by atoms with van der Waals surface area (Å²) in [6.45, 7) is 0. The Bertz CT molecular complexity index is 1270. The van der Waals surface area contributed by atoms with Gasteiger partial charge in [-0.1, -0.05) is 23.4 Å². The van der Waals surface area contributed by atoms with E-state index in [1.54, 1.807) is 17.9 Å². The number of nitrogens with zero attached hydrogens (tertiary/aromatic N) is 2. The number of aryl methyl sites for hydroxylation is 1. The zero-order chi connectivity index (χ0) is 26.6. The van der Waals surface area contributed by atoms with E-state index in [0.29, 0.717) is 55.6 Å². The lowest BCUT2D eigenvalue weighted by molar-refractivity contribution is -0.171. The van der Waals surface area contributed by atoms with E-state index >= 15 is 0 Å². The molecular formula is C27H29ClF3N3O3. The molecule has 1 amide bonds. The Morgan fingerprint density at radius 2 is 1.84 bits per heavy atom. The summed E-state index contributed by atoms with van der Waals surface area (Å²) >= 11 is 5.83. The van der Waals surface area contributed by atoms with Gasteiger partial charge >= 0.3 is 0 Å². The summed E-state index contributed by atoms with van der Waals surface area (Å²) < 4.78 is 43.7. The Hall–Kier alpha value is -2.54. The number of aliphatic hydroxyl groups is 2. The minimum Gasteiger partial charge on any atom is -0.378 e. The van der Waals surface area contributed by atoms with Crippen LogP contribution in [0.2, 0.25) is 5.02 Å². The molecule has 1 aromatic carbocycles. The van der Waals surface area contributed by atoms with Crippen molar-refractivity contribution in [3.05, 3.63) is 46.8 Å². The van der Waals surface area contributed by atoms with Crippen molar-refractivity contribution in [2.45, 2.75) is 74.4 Å². The van der Waals surface area contributed by atoms with E-state index in [4.69, 9.17) is 11.6 Å². The van der Waals surface area contributed by atoms with Crippen LogP contribution in [-0.4, -0.2) is 42.8 Å². The molecule has 3 atom stereocenters. The van der Waals surface area contributed by atoms with Crippen LogP contribution < -0.4 is 5.32 Å². The highest BCUT2D eigenvalue weighted by Gasteiger charge is 2.54. The highest BCUT2D eigenvalue weighted by atomic mass is 35.5. The molecule has 3 unspecified atom stereocenters. The highest BCUT2D eigenvalue weighted by molar-refractivity contribution is 6.31. The molecule has 6 nitrogen and oxygen atoms in total. The van der Waals surface area contributed by atoms with Gasteiger partial charge in [-0.05, 0) is 75.0 Å². The van der Waals surface area contributed by atoms with E-state index in [9.17, 15) is 28.2 Å². The van der Waals surface area contributed by atoms with Crippen molar-refractivity contribution < 1.29 is 28.2 Å². The minimum atomic E-state index is -3.29. The summed E-state index contributed by atoms with van der Waals surface area (Å²) in [7, 11) is 1.72. The largest absolute Gasteiger partial charge is 0.378 e. The van der Waals surface area contributed by atoms with Crippen LogP contribution in [0, 0.1) is 29.5 Å². The lowest BCUT2D eigenvalue weighted by Crippen LogP contribution is -2.49. The smallest absolute Gasteiger partial charge is 0.287 e. The lowest BCUT2D eigenvalue weighted by Gasteiger charge is -2.35.